The van der Waals surface area contributed by atoms with E-state index in [0.717, 1.165) is 16.5 Å². The van der Waals surface area contributed by atoms with Crippen LogP contribution in [-0.2, 0) is 0 Å². The van der Waals surface area contributed by atoms with Gasteiger partial charge in [-0.1, -0.05) is 18.2 Å². The number of aryl methyl sites for hydroxylation is 1. The summed E-state index contributed by atoms with van der Waals surface area (Å²) < 4.78 is 12.9. The van der Waals surface area contributed by atoms with Crippen molar-refractivity contribution in [1.82, 2.24) is 10.3 Å². The van der Waals surface area contributed by atoms with E-state index in [4.69, 9.17) is 0 Å². The van der Waals surface area contributed by atoms with Gasteiger partial charge in [-0.2, -0.15) is 5.26 Å². The zero-order valence-corrected chi connectivity index (χ0v) is 14.2. The molecule has 0 spiro atoms. The van der Waals surface area contributed by atoms with E-state index < -0.39 is 0 Å². The minimum Gasteiger partial charge on any atom is -0.367 e. The van der Waals surface area contributed by atoms with Gasteiger partial charge in [-0.25, -0.2) is 9.37 Å². The fourth-order valence-corrected chi connectivity index (χ4v) is 2.63. The van der Waals surface area contributed by atoms with Gasteiger partial charge >= 0.3 is 0 Å². The van der Waals surface area contributed by atoms with E-state index in [1.165, 1.54) is 24.3 Å². The van der Waals surface area contributed by atoms with Gasteiger partial charge in [-0.3, -0.25) is 4.79 Å². The van der Waals surface area contributed by atoms with Crippen molar-refractivity contribution in [3.05, 3.63) is 71.0 Å². The van der Waals surface area contributed by atoms with Crippen molar-refractivity contribution in [1.29, 1.82) is 5.26 Å². The summed E-state index contributed by atoms with van der Waals surface area (Å²) in [6.07, 6.45) is 0. The second-order valence-electron chi connectivity index (χ2n) is 5.83. The number of aromatic nitrogens is 1. The number of carbonyl (C=O) groups is 1. The van der Waals surface area contributed by atoms with Gasteiger partial charge in [0.1, 0.15) is 17.7 Å². The van der Waals surface area contributed by atoms with Crippen LogP contribution >= 0.6 is 0 Å². The number of rotatable bonds is 5. The molecule has 1 aromatic heterocycles. The van der Waals surface area contributed by atoms with Gasteiger partial charge in [-0.05, 0) is 42.8 Å². The first-order valence-corrected chi connectivity index (χ1v) is 8.16. The van der Waals surface area contributed by atoms with Gasteiger partial charge in [0.2, 0.25) is 0 Å². The molecule has 5 nitrogen and oxygen atoms in total. The van der Waals surface area contributed by atoms with Crippen LogP contribution in [0.25, 0.3) is 10.9 Å². The summed E-state index contributed by atoms with van der Waals surface area (Å²) >= 11 is 0. The van der Waals surface area contributed by atoms with E-state index in [1.54, 1.807) is 6.07 Å². The number of benzene rings is 2. The predicted molar refractivity (Wildman–Crippen MR) is 98.4 cm³/mol. The molecule has 2 N–H and O–H groups in total. The number of hydrogen-bond acceptors (Lipinski definition) is 4. The highest BCUT2D eigenvalue weighted by molar-refractivity contribution is 5.94. The first kappa shape index (κ1) is 17.4. The standard InChI is InChI=1S/C20H17FN4O/c1-13-3-2-4-15-11-16(12-22)19(25-18(13)15)23-9-10-24-20(26)14-5-7-17(21)8-6-14/h2-8,11H,9-10H2,1H3,(H,23,25)(H,24,26). The molecule has 0 saturated heterocycles. The number of anilines is 1. The number of nitrogens with one attached hydrogen (secondary N) is 2. The molecule has 130 valence electrons. The highest BCUT2D eigenvalue weighted by Gasteiger charge is 2.09. The molecular weight excluding hydrogens is 331 g/mol. The summed E-state index contributed by atoms with van der Waals surface area (Å²) in [7, 11) is 0. The van der Waals surface area contributed by atoms with Gasteiger partial charge in [0.05, 0.1) is 11.1 Å². The maximum atomic E-state index is 12.9. The number of nitrogens with zero attached hydrogens (tertiary/aromatic N) is 2. The van der Waals surface area contributed by atoms with Gasteiger partial charge in [0, 0.05) is 24.0 Å². The lowest BCUT2D eigenvalue weighted by atomic mass is 10.1. The Hall–Kier alpha value is -3.46. The van der Waals surface area contributed by atoms with Crippen LogP contribution in [0.5, 0.6) is 0 Å². The second-order valence-corrected chi connectivity index (χ2v) is 5.83. The minimum absolute atomic E-state index is 0.283. The average Bonchev–Trinajstić information content (AvgIpc) is 2.65. The molecule has 0 radical (unpaired) electrons. The maximum Gasteiger partial charge on any atom is 0.251 e. The van der Waals surface area contributed by atoms with E-state index in [1.807, 2.05) is 25.1 Å². The molecule has 0 fully saturated rings. The summed E-state index contributed by atoms with van der Waals surface area (Å²) in [6.45, 7) is 2.72. The smallest absolute Gasteiger partial charge is 0.251 e. The monoisotopic (exact) mass is 348 g/mol. The molecule has 0 atom stereocenters. The first-order valence-electron chi connectivity index (χ1n) is 8.16. The van der Waals surface area contributed by atoms with E-state index >= 15 is 0 Å². The van der Waals surface area contributed by atoms with Crippen molar-refractivity contribution in [2.75, 3.05) is 18.4 Å². The lowest BCUT2D eigenvalue weighted by Crippen LogP contribution is -2.29. The molecule has 0 saturated carbocycles. The predicted octanol–water partition coefficient (Wildman–Crippen LogP) is 3.40. The molecule has 1 amide bonds. The van der Waals surface area contributed by atoms with Crippen molar-refractivity contribution < 1.29 is 9.18 Å². The Morgan fingerprint density at radius 2 is 1.96 bits per heavy atom. The number of halogens is 1. The Morgan fingerprint density at radius 3 is 2.69 bits per heavy atom. The zero-order valence-electron chi connectivity index (χ0n) is 14.2. The summed E-state index contributed by atoms with van der Waals surface area (Å²) in [6, 6.07) is 15.1. The van der Waals surface area contributed by atoms with E-state index in [0.29, 0.717) is 30.0 Å². The lowest BCUT2D eigenvalue weighted by Gasteiger charge is -2.11. The Labute approximate surface area is 150 Å². The van der Waals surface area contributed by atoms with Crippen LogP contribution in [0.1, 0.15) is 21.5 Å². The van der Waals surface area contributed by atoms with E-state index in [2.05, 4.69) is 21.7 Å². The van der Waals surface area contributed by atoms with Gasteiger partial charge in [-0.15, -0.1) is 0 Å². The number of para-hydroxylation sites is 1. The molecule has 3 aromatic rings. The number of amides is 1. The third-order valence-electron chi connectivity index (χ3n) is 3.98. The molecule has 1 heterocycles. The zero-order chi connectivity index (χ0) is 18.5. The topological polar surface area (TPSA) is 77.8 Å². The Bertz CT molecular complexity index is 993. The quantitative estimate of drug-likeness (QED) is 0.693. The Kier molecular flexibility index (Phi) is 5.09. The van der Waals surface area contributed by atoms with Gasteiger partial charge in [0.15, 0.2) is 0 Å². The van der Waals surface area contributed by atoms with Crippen LogP contribution in [0.2, 0.25) is 0 Å². The Balaban J connectivity index is 1.64. The molecule has 0 aliphatic heterocycles. The number of hydrogen-bond donors (Lipinski definition) is 2. The third kappa shape index (κ3) is 3.78. The minimum atomic E-state index is -0.384. The van der Waals surface area contributed by atoms with Crippen LogP contribution < -0.4 is 10.6 Å². The summed E-state index contributed by atoms with van der Waals surface area (Å²) in [5.41, 5.74) is 2.71. The van der Waals surface area contributed by atoms with Crippen molar-refractivity contribution in [3.8, 4) is 6.07 Å². The highest BCUT2D eigenvalue weighted by Crippen LogP contribution is 2.22. The molecule has 0 unspecified atom stereocenters. The summed E-state index contributed by atoms with van der Waals surface area (Å²) in [5, 5.41) is 16.1. The van der Waals surface area contributed by atoms with Crippen LogP contribution in [0.15, 0.2) is 48.5 Å². The van der Waals surface area contributed by atoms with E-state index in [-0.39, 0.29) is 11.7 Å². The molecule has 6 heteroatoms. The van der Waals surface area contributed by atoms with Gasteiger partial charge in [0.25, 0.3) is 5.91 Å². The van der Waals surface area contributed by atoms with Crippen molar-refractivity contribution in [3.63, 3.8) is 0 Å². The highest BCUT2D eigenvalue weighted by atomic mass is 19.1. The number of pyridine rings is 1. The Morgan fingerprint density at radius 1 is 1.19 bits per heavy atom. The SMILES string of the molecule is Cc1cccc2cc(C#N)c(NCCNC(=O)c3ccc(F)cc3)nc12. The first-order chi connectivity index (χ1) is 12.6. The second kappa shape index (κ2) is 7.62. The lowest BCUT2D eigenvalue weighted by molar-refractivity contribution is 0.0955. The van der Waals surface area contributed by atoms with Crippen LogP contribution in [0.3, 0.4) is 0 Å². The third-order valence-corrected chi connectivity index (χ3v) is 3.98. The molecular formula is C20H17FN4O. The van der Waals surface area contributed by atoms with Crippen molar-refractivity contribution in [2.24, 2.45) is 0 Å². The molecule has 26 heavy (non-hydrogen) atoms. The number of carbonyl (C=O) groups excluding carboxylic acids is 1. The molecule has 3 rings (SSSR count). The summed E-state index contributed by atoms with van der Waals surface area (Å²) in [4.78, 5) is 16.5. The van der Waals surface area contributed by atoms with Crippen LogP contribution in [-0.4, -0.2) is 24.0 Å². The number of nitriles is 1. The number of fused-ring (bicyclic) bond motifs is 1. The average molecular weight is 348 g/mol. The fraction of sp³-hybridized carbons (Fsp3) is 0.150. The van der Waals surface area contributed by atoms with Crippen molar-refractivity contribution in [2.45, 2.75) is 6.92 Å². The normalized spacial score (nSPS) is 10.3. The van der Waals surface area contributed by atoms with Crippen LogP contribution in [0, 0.1) is 24.1 Å². The van der Waals surface area contributed by atoms with Gasteiger partial charge < -0.3 is 10.6 Å². The van der Waals surface area contributed by atoms with E-state index in [9.17, 15) is 14.4 Å². The molecule has 0 aliphatic carbocycles. The summed E-state index contributed by atoms with van der Waals surface area (Å²) in [5.74, 6) is -0.176. The largest absolute Gasteiger partial charge is 0.367 e. The molecule has 2 aromatic carbocycles. The van der Waals surface area contributed by atoms with Crippen LogP contribution in [0.4, 0.5) is 10.2 Å². The fourth-order valence-electron chi connectivity index (χ4n) is 2.63. The molecule has 0 aliphatic rings. The molecule has 0 bridgehead atoms. The maximum absolute atomic E-state index is 12.9. The van der Waals surface area contributed by atoms with Crippen molar-refractivity contribution >= 4 is 22.6 Å².